The molecular formula is C17H20N2O2. The fourth-order valence-corrected chi connectivity index (χ4v) is 2.85. The molecule has 1 aromatic carbocycles. The molecule has 2 heterocycles. The number of aryl methyl sites for hydroxylation is 2. The van der Waals surface area contributed by atoms with Crippen molar-refractivity contribution in [1.29, 1.82) is 0 Å². The van der Waals surface area contributed by atoms with Gasteiger partial charge in [0.1, 0.15) is 17.0 Å². The lowest BCUT2D eigenvalue weighted by atomic mass is 9.99. The lowest BCUT2D eigenvalue weighted by molar-refractivity contribution is 0.460. The molecule has 1 unspecified atom stereocenters. The van der Waals surface area contributed by atoms with Crippen molar-refractivity contribution in [2.75, 3.05) is 7.05 Å². The van der Waals surface area contributed by atoms with E-state index in [-0.39, 0.29) is 6.04 Å². The Labute approximate surface area is 124 Å². The molecule has 1 atom stereocenters. The van der Waals surface area contributed by atoms with Crippen LogP contribution in [0, 0.1) is 20.8 Å². The van der Waals surface area contributed by atoms with Crippen LogP contribution in [0.15, 0.2) is 33.1 Å². The first-order chi connectivity index (χ1) is 10.1. The van der Waals surface area contributed by atoms with E-state index in [0.717, 1.165) is 28.5 Å². The second kappa shape index (κ2) is 5.37. The van der Waals surface area contributed by atoms with E-state index in [1.165, 1.54) is 11.1 Å². The van der Waals surface area contributed by atoms with Gasteiger partial charge in [0.15, 0.2) is 11.5 Å². The second-order valence-electron chi connectivity index (χ2n) is 5.37. The number of nitrogens with zero attached hydrogens (tertiary/aromatic N) is 1. The molecule has 0 aliphatic carbocycles. The number of aromatic nitrogens is 1. The average molecular weight is 284 g/mol. The van der Waals surface area contributed by atoms with Crippen LogP contribution < -0.4 is 5.32 Å². The van der Waals surface area contributed by atoms with Gasteiger partial charge in [-0.2, -0.15) is 0 Å². The first-order valence-electron chi connectivity index (χ1n) is 7.18. The van der Waals surface area contributed by atoms with Gasteiger partial charge in [0.05, 0.1) is 0 Å². The van der Waals surface area contributed by atoms with Crippen LogP contribution in [0.4, 0.5) is 0 Å². The summed E-state index contributed by atoms with van der Waals surface area (Å²) in [7, 11) is 1.95. The van der Waals surface area contributed by atoms with Gasteiger partial charge in [0.25, 0.3) is 0 Å². The van der Waals surface area contributed by atoms with E-state index in [4.69, 9.17) is 8.83 Å². The summed E-state index contributed by atoms with van der Waals surface area (Å²) in [5.41, 5.74) is 4.14. The van der Waals surface area contributed by atoms with E-state index in [0.29, 0.717) is 6.42 Å². The molecule has 0 amide bonds. The maximum atomic E-state index is 5.83. The Morgan fingerprint density at radius 1 is 1.10 bits per heavy atom. The SMILES string of the molecule is CNC(Cc1nc2ccccc2o1)c1c(C)oc(C)c1C. The number of hydrogen-bond donors (Lipinski definition) is 1. The van der Waals surface area contributed by atoms with Crippen molar-refractivity contribution in [3.63, 3.8) is 0 Å². The number of benzene rings is 1. The van der Waals surface area contributed by atoms with Crippen molar-refractivity contribution in [2.45, 2.75) is 33.2 Å². The molecule has 0 fully saturated rings. The van der Waals surface area contributed by atoms with E-state index in [1.54, 1.807) is 0 Å². The topological polar surface area (TPSA) is 51.2 Å². The summed E-state index contributed by atoms with van der Waals surface area (Å²) >= 11 is 0. The van der Waals surface area contributed by atoms with Gasteiger partial charge in [-0.25, -0.2) is 4.98 Å². The van der Waals surface area contributed by atoms with Crippen LogP contribution in [0.1, 0.15) is 34.6 Å². The predicted molar refractivity (Wildman–Crippen MR) is 82.4 cm³/mol. The Balaban J connectivity index is 1.93. The summed E-state index contributed by atoms with van der Waals surface area (Å²) in [5, 5.41) is 3.35. The van der Waals surface area contributed by atoms with Crippen LogP contribution in [0.3, 0.4) is 0 Å². The summed E-state index contributed by atoms with van der Waals surface area (Å²) < 4.78 is 11.6. The maximum Gasteiger partial charge on any atom is 0.197 e. The highest BCUT2D eigenvalue weighted by atomic mass is 16.3. The van der Waals surface area contributed by atoms with Crippen molar-refractivity contribution < 1.29 is 8.83 Å². The second-order valence-corrected chi connectivity index (χ2v) is 5.37. The summed E-state index contributed by atoms with van der Waals surface area (Å²) in [6, 6.07) is 7.97. The number of hydrogen-bond acceptors (Lipinski definition) is 4. The normalized spacial score (nSPS) is 13.0. The zero-order valence-electron chi connectivity index (χ0n) is 12.9. The molecule has 0 radical (unpaired) electrons. The standard InChI is InChI=1S/C17H20N2O2/c1-10-11(2)20-12(3)17(10)14(18-4)9-16-19-13-7-5-6-8-15(13)21-16/h5-8,14,18H,9H2,1-4H3. The number of fused-ring (bicyclic) bond motifs is 1. The number of oxazole rings is 1. The summed E-state index contributed by atoms with van der Waals surface area (Å²) in [5.74, 6) is 2.67. The van der Waals surface area contributed by atoms with Crippen LogP contribution in [-0.4, -0.2) is 12.0 Å². The van der Waals surface area contributed by atoms with Crippen LogP contribution in [0.5, 0.6) is 0 Å². The Morgan fingerprint density at radius 3 is 2.48 bits per heavy atom. The predicted octanol–water partition coefficient (Wildman–Crippen LogP) is 3.85. The molecular weight excluding hydrogens is 264 g/mol. The minimum absolute atomic E-state index is 0.135. The summed E-state index contributed by atoms with van der Waals surface area (Å²) in [6.45, 7) is 6.10. The molecule has 0 spiro atoms. The summed E-state index contributed by atoms with van der Waals surface area (Å²) in [6.07, 6.45) is 0.700. The van der Waals surface area contributed by atoms with Crippen LogP contribution >= 0.6 is 0 Å². The van der Waals surface area contributed by atoms with Gasteiger partial charge in [-0.05, 0) is 45.5 Å². The molecule has 0 bridgehead atoms. The highest BCUT2D eigenvalue weighted by Crippen LogP contribution is 2.29. The largest absolute Gasteiger partial charge is 0.466 e. The third kappa shape index (κ3) is 2.47. The number of likely N-dealkylation sites (N-methyl/N-ethyl adjacent to an activating group) is 1. The van der Waals surface area contributed by atoms with Crippen molar-refractivity contribution in [3.8, 4) is 0 Å². The molecule has 2 aromatic heterocycles. The van der Waals surface area contributed by atoms with Crippen molar-refractivity contribution >= 4 is 11.1 Å². The molecule has 0 aliphatic heterocycles. The average Bonchev–Trinajstić information content (AvgIpc) is 2.98. The van der Waals surface area contributed by atoms with Gasteiger partial charge in [0, 0.05) is 18.0 Å². The molecule has 0 aliphatic rings. The van der Waals surface area contributed by atoms with Gasteiger partial charge in [-0.15, -0.1) is 0 Å². The summed E-state index contributed by atoms with van der Waals surface area (Å²) in [4.78, 5) is 4.55. The van der Waals surface area contributed by atoms with Crippen molar-refractivity contribution in [2.24, 2.45) is 0 Å². The fraction of sp³-hybridized carbons (Fsp3) is 0.353. The zero-order chi connectivity index (χ0) is 15.0. The molecule has 21 heavy (non-hydrogen) atoms. The van der Waals surface area contributed by atoms with Crippen molar-refractivity contribution in [1.82, 2.24) is 10.3 Å². The third-order valence-corrected chi connectivity index (χ3v) is 4.03. The molecule has 0 saturated heterocycles. The van der Waals surface area contributed by atoms with Crippen molar-refractivity contribution in [3.05, 3.63) is 52.8 Å². The first-order valence-corrected chi connectivity index (χ1v) is 7.18. The minimum atomic E-state index is 0.135. The molecule has 4 heteroatoms. The van der Waals surface area contributed by atoms with Crippen LogP contribution in [0.25, 0.3) is 11.1 Å². The Bertz CT molecular complexity index is 737. The van der Waals surface area contributed by atoms with E-state index in [1.807, 2.05) is 45.2 Å². The lowest BCUT2D eigenvalue weighted by Gasteiger charge is -2.15. The van der Waals surface area contributed by atoms with Gasteiger partial charge >= 0.3 is 0 Å². The maximum absolute atomic E-state index is 5.83. The van der Waals surface area contributed by atoms with Gasteiger partial charge < -0.3 is 14.2 Å². The molecule has 4 nitrogen and oxygen atoms in total. The van der Waals surface area contributed by atoms with Gasteiger partial charge in [-0.3, -0.25) is 0 Å². The van der Waals surface area contributed by atoms with E-state index in [9.17, 15) is 0 Å². The quantitative estimate of drug-likeness (QED) is 0.790. The Hall–Kier alpha value is -2.07. The smallest absolute Gasteiger partial charge is 0.197 e. The first kappa shape index (κ1) is 13.9. The van der Waals surface area contributed by atoms with Gasteiger partial charge in [-0.1, -0.05) is 12.1 Å². The minimum Gasteiger partial charge on any atom is -0.466 e. The highest BCUT2D eigenvalue weighted by molar-refractivity contribution is 5.72. The molecule has 1 N–H and O–H groups in total. The fourth-order valence-electron chi connectivity index (χ4n) is 2.85. The molecule has 110 valence electrons. The Kier molecular flexibility index (Phi) is 3.55. The van der Waals surface area contributed by atoms with Crippen LogP contribution in [0.2, 0.25) is 0 Å². The monoisotopic (exact) mass is 284 g/mol. The van der Waals surface area contributed by atoms with E-state index >= 15 is 0 Å². The number of furan rings is 1. The molecule has 0 saturated carbocycles. The van der Waals surface area contributed by atoms with Gasteiger partial charge in [0.2, 0.25) is 0 Å². The molecule has 3 aromatic rings. The number of rotatable bonds is 4. The highest BCUT2D eigenvalue weighted by Gasteiger charge is 2.22. The van der Waals surface area contributed by atoms with E-state index in [2.05, 4.69) is 17.2 Å². The number of para-hydroxylation sites is 2. The zero-order valence-corrected chi connectivity index (χ0v) is 12.9. The molecule has 3 rings (SSSR count). The Morgan fingerprint density at radius 2 is 1.86 bits per heavy atom. The third-order valence-electron chi connectivity index (χ3n) is 4.03. The van der Waals surface area contributed by atoms with E-state index < -0.39 is 0 Å². The van der Waals surface area contributed by atoms with Crippen LogP contribution in [-0.2, 0) is 6.42 Å². The number of nitrogens with one attached hydrogen (secondary N) is 1. The lowest BCUT2D eigenvalue weighted by Crippen LogP contribution is -2.20.